The van der Waals surface area contributed by atoms with Crippen LogP contribution in [0, 0.1) is 0 Å². The molecule has 150 valence electrons. The maximum atomic E-state index is 6.10. The van der Waals surface area contributed by atoms with E-state index in [1.165, 1.54) is 45.2 Å². The summed E-state index contributed by atoms with van der Waals surface area (Å²) in [5.74, 6) is 0. The molecule has 6 nitrogen and oxygen atoms in total. The lowest BCUT2D eigenvalue weighted by Crippen LogP contribution is -2.46. The summed E-state index contributed by atoms with van der Waals surface area (Å²) in [6.45, 7) is 8.30. The zero-order valence-electron chi connectivity index (χ0n) is 16.8. The second-order valence-corrected chi connectivity index (χ2v) is 8.01. The molecule has 3 aromatic rings. The van der Waals surface area contributed by atoms with Gasteiger partial charge in [-0.3, -0.25) is 0 Å². The van der Waals surface area contributed by atoms with Gasteiger partial charge in [0.05, 0.1) is 11.4 Å². The lowest BCUT2D eigenvalue weighted by atomic mass is 10.0. The summed E-state index contributed by atoms with van der Waals surface area (Å²) in [5, 5.41) is 0. The van der Waals surface area contributed by atoms with E-state index in [-0.39, 0.29) is 0 Å². The number of rotatable bonds is 4. The van der Waals surface area contributed by atoms with Crippen molar-refractivity contribution in [1.29, 1.82) is 0 Å². The first kappa shape index (κ1) is 18.3. The Kier molecular flexibility index (Phi) is 5.02. The minimum Gasteiger partial charge on any atom is -0.422 e. The van der Waals surface area contributed by atoms with Gasteiger partial charge in [0.15, 0.2) is 5.58 Å². The van der Waals surface area contributed by atoms with E-state index in [2.05, 4.69) is 31.3 Å². The van der Waals surface area contributed by atoms with Gasteiger partial charge in [-0.2, -0.15) is 4.98 Å². The summed E-state index contributed by atoms with van der Waals surface area (Å²) in [7, 11) is 0. The highest BCUT2D eigenvalue weighted by Gasteiger charge is 2.27. The van der Waals surface area contributed by atoms with Crippen molar-refractivity contribution in [2.45, 2.75) is 38.1 Å². The molecule has 0 amide bonds. The number of nitrogens with zero attached hydrogens (tertiary/aromatic N) is 5. The Hall–Kier alpha value is -2.73. The van der Waals surface area contributed by atoms with E-state index in [4.69, 9.17) is 4.42 Å². The van der Waals surface area contributed by atoms with E-state index in [1.807, 2.05) is 30.5 Å². The van der Waals surface area contributed by atoms with E-state index in [0.29, 0.717) is 23.3 Å². The molecule has 2 fully saturated rings. The summed E-state index contributed by atoms with van der Waals surface area (Å²) < 4.78 is 6.10. The van der Waals surface area contributed by atoms with E-state index in [1.54, 1.807) is 6.08 Å². The lowest BCUT2D eigenvalue weighted by Gasteiger charge is -2.39. The Bertz CT molecular complexity index is 999. The third-order valence-electron chi connectivity index (χ3n) is 6.15. The van der Waals surface area contributed by atoms with E-state index >= 15 is 0 Å². The zero-order valence-corrected chi connectivity index (χ0v) is 16.8. The molecule has 0 radical (unpaired) electrons. The van der Waals surface area contributed by atoms with Crippen molar-refractivity contribution in [3.63, 3.8) is 0 Å². The van der Waals surface area contributed by atoms with Gasteiger partial charge in [0.2, 0.25) is 5.65 Å². The maximum absolute atomic E-state index is 6.10. The summed E-state index contributed by atoms with van der Waals surface area (Å²) >= 11 is 0. The van der Waals surface area contributed by atoms with Crippen LogP contribution in [0.15, 0.2) is 41.5 Å². The molecule has 0 bridgehead atoms. The molecule has 2 saturated heterocycles. The third kappa shape index (κ3) is 3.77. The predicted octanol–water partition coefficient (Wildman–Crippen LogP) is 4.38. The minimum atomic E-state index is 0.654. The predicted molar refractivity (Wildman–Crippen MR) is 116 cm³/mol. The minimum absolute atomic E-state index is 0.654. The van der Waals surface area contributed by atoms with Crippen LogP contribution in [0.25, 0.3) is 28.6 Å². The summed E-state index contributed by atoms with van der Waals surface area (Å²) in [5.41, 5.74) is 3.99. The fraction of sp³-hybridized carbons (Fsp3) is 0.435. The van der Waals surface area contributed by atoms with Crippen molar-refractivity contribution >= 4 is 23.3 Å². The highest BCUT2D eigenvalue weighted by Crippen LogP contribution is 2.28. The fourth-order valence-corrected chi connectivity index (χ4v) is 4.52. The van der Waals surface area contributed by atoms with Crippen molar-refractivity contribution in [2.24, 2.45) is 0 Å². The van der Waals surface area contributed by atoms with Gasteiger partial charge in [-0.1, -0.05) is 19.1 Å². The molecule has 0 aliphatic carbocycles. The van der Waals surface area contributed by atoms with Crippen LogP contribution in [0.3, 0.4) is 0 Å². The van der Waals surface area contributed by atoms with Gasteiger partial charge in [0.25, 0.3) is 6.01 Å². The lowest BCUT2D eigenvalue weighted by molar-refractivity contribution is 0.140. The molecule has 0 atom stereocenters. The topological polar surface area (TPSA) is 58.3 Å². The van der Waals surface area contributed by atoms with Crippen LogP contribution in [-0.2, 0) is 0 Å². The number of likely N-dealkylation sites (tertiary alicyclic amines) is 1. The molecule has 29 heavy (non-hydrogen) atoms. The molecule has 3 aromatic heterocycles. The fourth-order valence-electron chi connectivity index (χ4n) is 4.52. The number of oxazole rings is 1. The van der Waals surface area contributed by atoms with Crippen molar-refractivity contribution in [1.82, 2.24) is 19.9 Å². The molecular formula is C23H27N5O. The Morgan fingerprint density at radius 3 is 2.66 bits per heavy atom. The molecule has 0 N–H and O–H groups in total. The van der Waals surface area contributed by atoms with Crippen LogP contribution in [0.1, 0.15) is 37.8 Å². The summed E-state index contributed by atoms with van der Waals surface area (Å²) in [4.78, 5) is 18.7. The first-order valence-electron chi connectivity index (χ1n) is 10.7. The molecule has 6 heteroatoms. The SMILES string of the molecule is C=Cc1cccc(-c2cnc3nc(N4CCC(N5CCCCC5)CC4)oc3c2)n1. The molecule has 0 unspecified atom stereocenters. The Morgan fingerprint density at radius 1 is 1.03 bits per heavy atom. The molecule has 0 aromatic carbocycles. The largest absolute Gasteiger partial charge is 0.422 e. The Balaban J connectivity index is 1.32. The number of anilines is 1. The van der Waals surface area contributed by atoms with Crippen molar-refractivity contribution < 1.29 is 4.42 Å². The standard InChI is InChI=1S/C23H27N5O/c1-2-18-7-6-8-20(25-18)17-15-21-22(24-16-17)26-23(29-21)28-13-9-19(10-14-28)27-11-4-3-5-12-27/h2,6-8,15-16,19H,1,3-5,9-14H2. The molecule has 2 aliphatic rings. The average Bonchev–Trinajstić information content (AvgIpc) is 3.23. The first-order valence-corrected chi connectivity index (χ1v) is 10.7. The first-order chi connectivity index (χ1) is 14.3. The number of hydrogen-bond donors (Lipinski definition) is 0. The van der Waals surface area contributed by atoms with Crippen molar-refractivity contribution in [2.75, 3.05) is 31.1 Å². The number of hydrogen-bond acceptors (Lipinski definition) is 6. The van der Waals surface area contributed by atoms with Gasteiger partial charge in [0, 0.05) is 30.9 Å². The summed E-state index contributed by atoms with van der Waals surface area (Å²) in [6.07, 6.45) is 10.0. The van der Waals surface area contributed by atoms with Gasteiger partial charge >= 0.3 is 0 Å². The van der Waals surface area contributed by atoms with Gasteiger partial charge < -0.3 is 14.2 Å². The Morgan fingerprint density at radius 2 is 1.86 bits per heavy atom. The highest BCUT2D eigenvalue weighted by molar-refractivity contribution is 5.76. The number of aromatic nitrogens is 3. The van der Waals surface area contributed by atoms with E-state index in [9.17, 15) is 0 Å². The Labute approximate surface area is 171 Å². The van der Waals surface area contributed by atoms with Crippen molar-refractivity contribution in [3.8, 4) is 11.3 Å². The smallest absolute Gasteiger partial charge is 0.299 e. The molecular weight excluding hydrogens is 362 g/mol. The molecule has 5 heterocycles. The van der Waals surface area contributed by atoms with E-state index in [0.717, 1.165) is 30.0 Å². The molecule has 2 aliphatic heterocycles. The van der Waals surface area contributed by atoms with Gasteiger partial charge in [-0.15, -0.1) is 0 Å². The zero-order chi connectivity index (χ0) is 19.6. The van der Waals surface area contributed by atoms with Crippen LogP contribution in [0.2, 0.25) is 0 Å². The molecule has 5 rings (SSSR count). The summed E-state index contributed by atoms with van der Waals surface area (Å²) in [6, 6.07) is 9.26. The number of pyridine rings is 2. The molecule has 0 saturated carbocycles. The van der Waals surface area contributed by atoms with Crippen LogP contribution < -0.4 is 4.90 Å². The quantitative estimate of drug-likeness (QED) is 0.660. The van der Waals surface area contributed by atoms with Crippen LogP contribution >= 0.6 is 0 Å². The second-order valence-electron chi connectivity index (χ2n) is 8.01. The molecule has 0 spiro atoms. The third-order valence-corrected chi connectivity index (χ3v) is 6.15. The maximum Gasteiger partial charge on any atom is 0.299 e. The van der Waals surface area contributed by atoms with Gasteiger partial charge in [-0.25, -0.2) is 9.97 Å². The normalized spacial score (nSPS) is 19.0. The number of fused-ring (bicyclic) bond motifs is 1. The van der Waals surface area contributed by atoms with Crippen molar-refractivity contribution in [3.05, 3.63) is 42.7 Å². The van der Waals surface area contributed by atoms with Crippen LogP contribution in [-0.4, -0.2) is 52.1 Å². The van der Waals surface area contributed by atoms with Gasteiger partial charge in [-0.05, 0) is 63.0 Å². The van der Waals surface area contributed by atoms with Crippen LogP contribution in [0.4, 0.5) is 6.01 Å². The number of piperidine rings is 2. The van der Waals surface area contributed by atoms with Crippen LogP contribution in [0.5, 0.6) is 0 Å². The highest BCUT2D eigenvalue weighted by atomic mass is 16.4. The van der Waals surface area contributed by atoms with Gasteiger partial charge in [0.1, 0.15) is 0 Å². The van der Waals surface area contributed by atoms with E-state index < -0.39 is 0 Å². The average molecular weight is 390 g/mol. The monoisotopic (exact) mass is 389 g/mol. The second kappa shape index (κ2) is 7.95.